The lowest BCUT2D eigenvalue weighted by atomic mass is 10.0. The van der Waals surface area contributed by atoms with E-state index in [1.807, 2.05) is 24.3 Å². The van der Waals surface area contributed by atoms with Crippen molar-refractivity contribution >= 4 is 6.29 Å². The third-order valence-electron chi connectivity index (χ3n) is 2.86. The first-order valence-electron chi connectivity index (χ1n) is 6.71. The number of unbranched alkanes of at least 4 members (excludes halogenated alkanes) is 1. The van der Waals surface area contributed by atoms with Crippen LogP contribution in [0.1, 0.15) is 24.8 Å². The molecule has 0 amide bonds. The number of rotatable bonds is 10. The summed E-state index contributed by atoms with van der Waals surface area (Å²) in [5, 5.41) is 0. The predicted octanol–water partition coefficient (Wildman–Crippen LogP) is 3.93. The Labute approximate surface area is 115 Å². The smallest absolute Gasteiger partial charge is 0.119 e. The number of carbonyl (C=O) groups excluding carboxylic acids is 1. The quantitative estimate of drug-likeness (QED) is 0.361. The Morgan fingerprint density at radius 3 is 2.74 bits per heavy atom. The highest BCUT2D eigenvalue weighted by molar-refractivity contribution is 5.48. The van der Waals surface area contributed by atoms with E-state index in [-0.39, 0.29) is 0 Å². The fourth-order valence-corrected chi connectivity index (χ4v) is 1.84. The lowest BCUT2D eigenvalue weighted by molar-refractivity contribution is -0.108. The van der Waals surface area contributed by atoms with Gasteiger partial charge in [0.05, 0.1) is 13.2 Å². The summed E-state index contributed by atoms with van der Waals surface area (Å²) in [6.07, 6.45) is 9.28. The molecule has 2 nitrogen and oxygen atoms in total. The van der Waals surface area contributed by atoms with Crippen molar-refractivity contribution in [3.63, 3.8) is 0 Å². The van der Waals surface area contributed by atoms with Crippen molar-refractivity contribution < 1.29 is 9.53 Å². The first kappa shape index (κ1) is 15.4. The second kappa shape index (κ2) is 10.3. The van der Waals surface area contributed by atoms with Crippen LogP contribution in [0.15, 0.2) is 55.1 Å². The number of allylic oxidation sites excluding steroid dienone is 2. The minimum absolute atomic E-state index is 0.349. The normalized spacial score (nSPS) is 12.4. The molecule has 0 aliphatic carbocycles. The van der Waals surface area contributed by atoms with Crippen LogP contribution in [0.5, 0.6) is 0 Å². The third-order valence-corrected chi connectivity index (χ3v) is 2.86. The van der Waals surface area contributed by atoms with Gasteiger partial charge in [-0.15, -0.1) is 0 Å². The van der Waals surface area contributed by atoms with Crippen molar-refractivity contribution in [2.75, 3.05) is 6.61 Å². The maximum absolute atomic E-state index is 10.3. The zero-order chi connectivity index (χ0) is 13.8. The molecule has 0 unspecified atom stereocenters. The van der Waals surface area contributed by atoms with E-state index < -0.39 is 0 Å². The van der Waals surface area contributed by atoms with E-state index in [0.29, 0.717) is 25.6 Å². The molecule has 1 aromatic rings. The monoisotopic (exact) mass is 258 g/mol. The van der Waals surface area contributed by atoms with Crippen LogP contribution in [-0.2, 0) is 16.1 Å². The predicted molar refractivity (Wildman–Crippen MR) is 78.8 cm³/mol. The van der Waals surface area contributed by atoms with E-state index in [4.69, 9.17) is 4.74 Å². The molecule has 0 N–H and O–H groups in total. The fourth-order valence-electron chi connectivity index (χ4n) is 1.84. The standard InChI is InChI=1S/C17H22O2/c1-2-3-9-16(12-7-8-13-18)14-19-15-17-10-5-4-6-11-17/h2-6,9-11,13,16H,1,7-8,12,14-15H2/b9-3+/t16-/m0/s1. The molecule has 0 radical (unpaired) electrons. The number of hydrogen-bond acceptors (Lipinski definition) is 2. The molecule has 0 heterocycles. The van der Waals surface area contributed by atoms with Crippen LogP contribution < -0.4 is 0 Å². The van der Waals surface area contributed by atoms with Crippen molar-refractivity contribution in [1.29, 1.82) is 0 Å². The van der Waals surface area contributed by atoms with Gasteiger partial charge >= 0.3 is 0 Å². The number of hydrogen-bond donors (Lipinski definition) is 0. The molecular weight excluding hydrogens is 236 g/mol. The van der Waals surface area contributed by atoms with E-state index in [1.54, 1.807) is 6.08 Å². The molecular formula is C17H22O2. The molecule has 0 spiro atoms. The molecule has 0 bridgehead atoms. The number of benzene rings is 1. The summed E-state index contributed by atoms with van der Waals surface area (Å²) in [6.45, 7) is 4.98. The second-order valence-corrected chi connectivity index (χ2v) is 4.48. The molecule has 0 aromatic heterocycles. The highest BCUT2D eigenvalue weighted by atomic mass is 16.5. The van der Waals surface area contributed by atoms with Crippen molar-refractivity contribution in [2.45, 2.75) is 25.9 Å². The van der Waals surface area contributed by atoms with Gasteiger partial charge in [-0.1, -0.05) is 55.1 Å². The largest absolute Gasteiger partial charge is 0.376 e. The molecule has 0 fully saturated rings. The van der Waals surface area contributed by atoms with Crippen molar-refractivity contribution in [1.82, 2.24) is 0 Å². The van der Waals surface area contributed by atoms with Crippen molar-refractivity contribution in [2.24, 2.45) is 5.92 Å². The van der Waals surface area contributed by atoms with E-state index >= 15 is 0 Å². The zero-order valence-electron chi connectivity index (χ0n) is 11.3. The molecule has 0 aliphatic heterocycles. The highest BCUT2D eigenvalue weighted by Crippen LogP contribution is 2.12. The Bertz CT molecular complexity index is 382. The molecule has 0 aliphatic rings. The lowest BCUT2D eigenvalue weighted by Gasteiger charge is -2.12. The van der Waals surface area contributed by atoms with Gasteiger partial charge in [0.25, 0.3) is 0 Å². The Morgan fingerprint density at radius 2 is 2.05 bits per heavy atom. The van der Waals surface area contributed by atoms with Gasteiger partial charge in [-0.25, -0.2) is 0 Å². The summed E-state index contributed by atoms with van der Waals surface area (Å²) in [5.74, 6) is 0.349. The van der Waals surface area contributed by atoms with Gasteiger partial charge in [0.15, 0.2) is 0 Å². The van der Waals surface area contributed by atoms with Gasteiger partial charge in [0, 0.05) is 12.3 Å². The topological polar surface area (TPSA) is 26.3 Å². The number of aldehydes is 1. The van der Waals surface area contributed by atoms with Crippen molar-refractivity contribution in [3.05, 3.63) is 60.7 Å². The number of carbonyl (C=O) groups is 1. The molecule has 0 saturated heterocycles. The Balaban J connectivity index is 2.32. The summed E-state index contributed by atoms with van der Waals surface area (Å²) in [7, 11) is 0. The van der Waals surface area contributed by atoms with Gasteiger partial charge < -0.3 is 9.53 Å². The van der Waals surface area contributed by atoms with Gasteiger partial charge in [-0.2, -0.15) is 0 Å². The maximum atomic E-state index is 10.3. The highest BCUT2D eigenvalue weighted by Gasteiger charge is 2.05. The first-order chi connectivity index (χ1) is 9.36. The van der Waals surface area contributed by atoms with Gasteiger partial charge in [0.1, 0.15) is 6.29 Å². The summed E-state index contributed by atoms with van der Waals surface area (Å²) < 4.78 is 5.74. The fraction of sp³-hybridized carbons (Fsp3) is 0.353. The van der Waals surface area contributed by atoms with Crippen LogP contribution in [0.2, 0.25) is 0 Å². The summed E-state index contributed by atoms with van der Waals surface area (Å²) in [6, 6.07) is 10.1. The van der Waals surface area contributed by atoms with Crippen LogP contribution in [0.25, 0.3) is 0 Å². The average Bonchev–Trinajstić information content (AvgIpc) is 2.45. The van der Waals surface area contributed by atoms with Crippen LogP contribution >= 0.6 is 0 Å². The first-order valence-corrected chi connectivity index (χ1v) is 6.71. The second-order valence-electron chi connectivity index (χ2n) is 4.48. The zero-order valence-corrected chi connectivity index (χ0v) is 11.3. The lowest BCUT2D eigenvalue weighted by Crippen LogP contribution is -2.07. The van der Waals surface area contributed by atoms with E-state index in [9.17, 15) is 4.79 Å². The van der Waals surface area contributed by atoms with Crippen LogP contribution in [0, 0.1) is 5.92 Å². The average molecular weight is 258 g/mol. The molecule has 1 rings (SSSR count). The van der Waals surface area contributed by atoms with Crippen molar-refractivity contribution in [3.8, 4) is 0 Å². The molecule has 1 atom stereocenters. The van der Waals surface area contributed by atoms with Crippen LogP contribution in [0.4, 0.5) is 0 Å². The van der Waals surface area contributed by atoms with E-state index in [0.717, 1.165) is 19.1 Å². The molecule has 19 heavy (non-hydrogen) atoms. The molecule has 102 valence electrons. The maximum Gasteiger partial charge on any atom is 0.119 e. The SMILES string of the molecule is C=C/C=C/[C@@H](CCCC=O)COCc1ccccc1. The minimum Gasteiger partial charge on any atom is -0.376 e. The van der Waals surface area contributed by atoms with Gasteiger partial charge in [-0.3, -0.25) is 0 Å². The Kier molecular flexibility index (Phi) is 8.32. The van der Waals surface area contributed by atoms with Gasteiger partial charge in [-0.05, 0) is 18.4 Å². The Hall–Kier alpha value is -1.67. The van der Waals surface area contributed by atoms with E-state index in [1.165, 1.54) is 5.56 Å². The third kappa shape index (κ3) is 7.37. The molecule has 0 saturated carbocycles. The number of ether oxygens (including phenoxy) is 1. The van der Waals surface area contributed by atoms with Gasteiger partial charge in [0.2, 0.25) is 0 Å². The molecule has 1 aromatic carbocycles. The van der Waals surface area contributed by atoms with Crippen LogP contribution in [0.3, 0.4) is 0 Å². The van der Waals surface area contributed by atoms with E-state index in [2.05, 4.69) is 24.8 Å². The minimum atomic E-state index is 0.349. The molecule has 2 heteroatoms. The summed E-state index contributed by atoms with van der Waals surface area (Å²) in [5.41, 5.74) is 1.18. The Morgan fingerprint density at radius 1 is 1.26 bits per heavy atom. The summed E-state index contributed by atoms with van der Waals surface area (Å²) >= 11 is 0. The summed E-state index contributed by atoms with van der Waals surface area (Å²) in [4.78, 5) is 10.3. The van der Waals surface area contributed by atoms with Crippen LogP contribution in [-0.4, -0.2) is 12.9 Å².